The van der Waals surface area contributed by atoms with Gasteiger partial charge in [0.15, 0.2) is 0 Å². The molecule has 0 bridgehead atoms. The lowest BCUT2D eigenvalue weighted by atomic mass is 9.97. The molecular formula is C10H17N3. The normalized spacial score (nSPS) is 13.2. The molecule has 0 aliphatic carbocycles. The van der Waals surface area contributed by atoms with Crippen molar-refractivity contribution in [3.05, 3.63) is 23.9 Å². The second kappa shape index (κ2) is 4.23. The second-order valence-corrected chi connectivity index (χ2v) is 3.49. The van der Waals surface area contributed by atoms with Crippen LogP contribution in [-0.2, 0) is 0 Å². The van der Waals surface area contributed by atoms with Gasteiger partial charge in [0.25, 0.3) is 0 Å². The summed E-state index contributed by atoms with van der Waals surface area (Å²) in [6, 6.07) is 4.22. The highest BCUT2D eigenvalue weighted by Gasteiger charge is 2.15. The van der Waals surface area contributed by atoms with Crippen molar-refractivity contribution in [2.45, 2.75) is 19.9 Å². The van der Waals surface area contributed by atoms with Crippen molar-refractivity contribution in [2.75, 3.05) is 12.8 Å². The van der Waals surface area contributed by atoms with E-state index in [0.717, 1.165) is 5.56 Å². The fourth-order valence-corrected chi connectivity index (χ4v) is 1.54. The Morgan fingerprint density at radius 2 is 2.15 bits per heavy atom. The maximum absolute atomic E-state index is 5.78. The van der Waals surface area contributed by atoms with Gasteiger partial charge in [-0.3, -0.25) is 0 Å². The average molecular weight is 179 g/mol. The van der Waals surface area contributed by atoms with Gasteiger partial charge in [0, 0.05) is 17.8 Å². The molecule has 0 radical (unpaired) electrons. The van der Waals surface area contributed by atoms with Crippen LogP contribution in [0.3, 0.4) is 0 Å². The summed E-state index contributed by atoms with van der Waals surface area (Å²) in [5.74, 6) is 1.13. The molecule has 0 aliphatic rings. The lowest BCUT2D eigenvalue weighted by Gasteiger charge is -2.21. The van der Waals surface area contributed by atoms with Crippen molar-refractivity contribution in [3.63, 3.8) is 0 Å². The monoisotopic (exact) mass is 179 g/mol. The van der Waals surface area contributed by atoms with Crippen LogP contribution in [0.25, 0.3) is 0 Å². The molecule has 0 spiro atoms. The summed E-state index contributed by atoms with van der Waals surface area (Å²) in [7, 11) is 1.94. The second-order valence-electron chi connectivity index (χ2n) is 3.49. The summed E-state index contributed by atoms with van der Waals surface area (Å²) < 4.78 is 0. The molecule has 0 aliphatic heterocycles. The predicted molar refractivity (Wildman–Crippen MR) is 55.3 cm³/mol. The fourth-order valence-electron chi connectivity index (χ4n) is 1.54. The molecule has 13 heavy (non-hydrogen) atoms. The first-order valence-corrected chi connectivity index (χ1v) is 4.54. The molecule has 0 aromatic carbocycles. The lowest BCUT2D eigenvalue weighted by Crippen LogP contribution is -2.23. The molecule has 3 nitrogen and oxygen atoms in total. The van der Waals surface area contributed by atoms with Crippen molar-refractivity contribution in [1.82, 2.24) is 10.3 Å². The van der Waals surface area contributed by atoms with Crippen molar-refractivity contribution in [1.29, 1.82) is 0 Å². The van der Waals surface area contributed by atoms with Crippen molar-refractivity contribution in [3.8, 4) is 0 Å². The number of aromatic nitrogens is 1. The van der Waals surface area contributed by atoms with Gasteiger partial charge < -0.3 is 11.1 Å². The van der Waals surface area contributed by atoms with E-state index in [0.29, 0.717) is 11.7 Å². The lowest BCUT2D eigenvalue weighted by molar-refractivity contribution is 0.443. The van der Waals surface area contributed by atoms with Crippen LogP contribution in [0.1, 0.15) is 25.5 Å². The molecule has 1 unspecified atom stereocenters. The van der Waals surface area contributed by atoms with Gasteiger partial charge in [0.05, 0.1) is 0 Å². The highest BCUT2D eigenvalue weighted by Crippen LogP contribution is 2.24. The van der Waals surface area contributed by atoms with Crippen molar-refractivity contribution in [2.24, 2.45) is 5.92 Å². The molecule has 1 aromatic heterocycles. The van der Waals surface area contributed by atoms with Gasteiger partial charge in [0.1, 0.15) is 5.82 Å². The number of rotatable bonds is 3. The topological polar surface area (TPSA) is 50.9 Å². The predicted octanol–water partition coefficient (Wildman–Crippen LogP) is 1.58. The number of nitrogens with one attached hydrogen (secondary N) is 1. The van der Waals surface area contributed by atoms with Crippen molar-refractivity contribution >= 4 is 5.82 Å². The van der Waals surface area contributed by atoms with E-state index in [1.807, 2.05) is 19.2 Å². The minimum Gasteiger partial charge on any atom is -0.383 e. The third-order valence-electron chi connectivity index (χ3n) is 2.18. The van der Waals surface area contributed by atoms with Gasteiger partial charge in [-0.25, -0.2) is 4.98 Å². The smallest absolute Gasteiger partial charge is 0.128 e. The van der Waals surface area contributed by atoms with E-state index in [9.17, 15) is 0 Å². The van der Waals surface area contributed by atoms with Crippen LogP contribution in [0.2, 0.25) is 0 Å². The zero-order valence-corrected chi connectivity index (χ0v) is 8.41. The van der Waals surface area contributed by atoms with E-state index < -0.39 is 0 Å². The Labute approximate surface area is 79.4 Å². The van der Waals surface area contributed by atoms with Crippen molar-refractivity contribution < 1.29 is 0 Å². The molecule has 0 saturated carbocycles. The Morgan fingerprint density at radius 3 is 2.62 bits per heavy atom. The number of anilines is 1. The highest BCUT2D eigenvalue weighted by atomic mass is 14.9. The summed E-state index contributed by atoms with van der Waals surface area (Å²) in [6.07, 6.45) is 1.71. The van der Waals surface area contributed by atoms with Gasteiger partial charge in [0.2, 0.25) is 0 Å². The first kappa shape index (κ1) is 9.99. The van der Waals surface area contributed by atoms with E-state index in [1.54, 1.807) is 6.20 Å². The summed E-state index contributed by atoms with van der Waals surface area (Å²) >= 11 is 0. The Hall–Kier alpha value is -1.09. The Balaban J connectivity index is 2.97. The van der Waals surface area contributed by atoms with Gasteiger partial charge in [-0.05, 0) is 19.0 Å². The van der Waals surface area contributed by atoms with Gasteiger partial charge >= 0.3 is 0 Å². The van der Waals surface area contributed by atoms with Crippen LogP contribution in [-0.4, -0.2) is 12.0 Å². The van der Waals surface area contributed by atoms with E-state index in [-0.39, 0.29) is 6.04 Å². The van der Waals surface area contributed by atoms with Crippen LogP contribution in [0.4, 0.5) is 5.82 Å². The Kier molecular flexibility index (Phi) is 3.25. The molecule has 72 valence electrons. The van der Waals surface area contributed by atoms with E-state index in [2.05, 4.69) is 24.1 Å². The molecule has 0 amide bonds. The minimum absolute atomic E-state index is 0.286. The number of pyridine rings is 1. The SMILES string of the molecule is CNC(c1cccnc1N)C(C)C. The number of nitrogens with zero attached hydrogens (tertiary/aromatic N) is 1. The largest absolute Gasteiger partial charge is 0.383 e. The van der Waals surface area contributed by atoms with Crippen LogP contribution in [0.5, 0.6) is 0 Å². The maximum atomic E-state index is 5.78. The van der Waals surface area contributed by atoms with Gasteiger partial charge in [-0.15, -0.1) is 0 Å². The van der Waals surface area contributed by atoms with Gasteiger partial charge in [-0.1, -0.05) is 19.9 Å². The zero-order chi connectivity index (χ0) is 9.84. The van der Waals surface area contributed by atoms with Crippen LogP contribution in [0, 0.1) is 5.92 Å². The third kappa shape index (κ3) is 2.18. The molecule has 1 rings (SSSR count). The Bertz CT molecular complexity index is 271. The van der Waals surface area contributed by atoms with Gasteiger partial charge in [-0.2, -0.15) is 0 Å². The van der Waals surface area contributed by atoms with Crippen LogP contribution >= 0.6 is 0 Å². The molecule has 1 heterocycles. The number of nitrogen functional groups attached to an aromatic ring is 1. The van der Waals surface area contributed by atoms with E-state index in [1.165, 1.54) is 0 Å². The quantitative estimate of drug-likeness (QED) is 0.740. The molecular weight excluding hydrogens is 162 g/mol. The fraction of sp³-hybridized carbons (Fsp3) is 0.500. The van der Waals surface area contributed by atoms with Crippen LogP contribution < -0.4 is 11.1 Å². The first-order valence-electron chi connectivity index (χ1n) is 4.54. The summed E-state index contributed by atoms with van der Waals surface area (Å²) in [6.45, 7) is 4.32. The van der Waals surface area contributed by atoms with E-state index >= 15 is 0 Å². The molecule has 3 N–H and O–H groups in total. The molecule has 0 saturated heterocycles. The highest BCUT2D eigenvalue weighted by molar-refractivity contribution is 5.40. The zero-order valence-electron chi connectivity index (χ0n) is 8.41. The summed E-state index contributed by atoms with van der Waals surface area (Å²) in [5.41, 5.74) is 6.87. The minimum atomic E-state index is 0.286. The standard InChI is InChI=1S/C10H17N3/c1-7(2)9(12-3)8-5-4-6-13-10(8)11/h4-7,9,12H,1-3H3,(H2,11,13). The molecule has 3 heteroatoms. The average Bonchev–Trinajstić information content (AvgIpc) is 2.09. The maximum Gasteiger partial charge on any atom is 0.128 e. The first-order chi connectivity index (χ1) is 6.16. The molecule has 0 fully saturated rings. The third-order valence-corrected chi connectivity index (χ3v) is 2.18. The number of nitrogens with two attached hydrogens (primary N) is 1. The van der Waals surface area contributed by atoms with Crippen LogP contribution in [0.15, 0.2) is 18.3 Å². The van der Waals surface area contributed by atoms with E-state index in [4.69, 9.17) is 5.73 Å². The molecule has 1 aromatic rings. The summed E-state index contributed by atoms with van der Waals surface area (Å²) in [4.78, 5) is 4.07. The Morgan fingerprint density at radius 1 is 1.46 bits per heavy atom. The molecule has 1 atom stereocenters. The number of hydrogen-bond donors (Lipinski definition) is 2. The number of hydrogen-bond acceptors (Lipinski definition) is 3. The summed E-state index contributed by atoms with van der Waals surface area (Å²) in [5, 5.41) is 3.24.